The van der Waals surface area contributed by atoms with Gasteiger partial charge in [-0.1, -0.05) is 24.3 Å². The molecule has 0 spiro atoms. The lowest BCUT2D eigenvalue weighted by Crippen LogP contribution is -2.20. The first-order valence-corrected chi connectivity index (χ1v) is 6.43. The Morgan fingerprint density at radius 2 is 2.16 bits per heavy atom. The van der Waals surface area contributed by atoms with E-state index in [1.807, 2.05) is 30.3 Å². The smallest absolute Gasteiger partial charge is 0.122 e. The fourth-order valence-electron chi connectivity index (χ4n) is 1.83. The van der Waals surface area contributed by atoms with Crippen molar-refractivity contribution in [1.82, 2.24) is 5.32 Å². The van der Waals surface area contributed by atoms with Crippen LogP contribution in [-0.2, 0) is 13.0 Å². The van der Waals surface area contributed by atoms with Gasteiger partial charge in [0.15, 0.2) is 0 Å². The molecular formula is C16H19NO2. The van der Waals surface area contributed by atoms with Crippen molar-refractivity contribution in [1.29, 1.82) is 0 Å². The standard InChI is InChI=1S/C16H19NO2/c1-2-5-15-6-3-4-7-16(15)19-11-9-17-12-14-8-10-18-13-14/h2-4,6-8,10,13,17H,1,5,9,11-12H2. The van der Waals surface area contributed by atoms with Crippen LogP contribution in [0.4, 0.5) is 0 Å². The Morgan fingerprint density at radius 1 is 1.26 bits per heavy atom. The molecule has 0 radical (unpaired) electrons. The maximum atomic E-state index is 5.78. The molecule has 0 atom stereocenters. The number of allylic oxidation sites excluding steroid dienone is 1. The molecule has 1 N–H and O–H groups in total. The van der Waals surface area contributed by atoms with Crippen molar-refractivity contribution >= 4 is 0 Å². The Labute approximate surface area is 113 Å². The van der Waals surface area contributed by atoms with Crippen LogP contribution in [0.15, 0.2) is 59.9 Å². The summed E-state index contributed by atoms with van der Waals surface area (Å²) in [5.74, 6) is 0.938. The largest absolute Gasteiger partial charge is 0.492 e. The molecule has 1 aromatic heterocycles. The quantitative estimate of drug-likeness (QED) is 0.582. The zero-order chi connectivity index (χ0) is 13.3. The van der Waals surface area contributed by atoms with Gasteiger partial charge in [0.1, 0.15) is 12.4 Å². The number of hydrogen-bond donors (Lipinski definition) is 1. The van der Waals surface area contributed by atoms with Crippen molar-refractivity contribution in [2.24, 2.45) is 0 Å². The van der Waals surface area contributed by atoms with Crippen LogP contribution in [0, 0.1) is 0 Å². The number of rotatable bonds is 8. The van der Waals surface area contributed by atoms with Crippen molar-refractivity contribution in [3.05, 3.63) is 66.6 Å². The Balaban J connectivity index is 1.72. The lowest BCUT2D eigenvalue weighted by molar-refractivity contribution is 0.311. The summed E-state index contributed by atoms with van der Waals surface area (Å²) in [5.41, 5.74) is 2.32. The molecule has 2 rings (SSSR count). The summed E-state index contributed by atoms with van der Waals surface area (Å²) in [6.07, 6.45) is 6.14. The fourth-order valence-corrected chi connectivity index (χ4v) is 1.83. The number of para-hydroxylation sites is 1. The van der Waals surface area contributed by atoms with Crippen molar-refractivity contribution in [3.8, 4) is 5.75 Å². The lowest BCUT2D eigenvalue weighted by atomic mass is 10.1. The second-order valence-corrected chi connectivity index (χ2v) is 4.26. The summed E-state index contributed by atoms with van der Waals surface area (Å²) in [4.78, 5) is 0. The lowest BCUT2D eigenvalue weighted by Gasteiger charge is -2.10. The third-order valence-corrected chi connectivity index (χ3v) is 2.78. The number of ether oxygens (including phenoxy) is 1. The SMILES string of the molecule is C=CCc1ccccc1OCCNCc1ccoc1. The summed E-state index contributed by atoms with van der Waals surface area (Å²) in [6, 6.07) is 10.0. The van der Waals surface area contributed by atoms with Crippen LogP contribution in [0.5, 0.6) is 5.75 Å². The highest BCUT2D eigenvalue weighted by Crippen LogP contribution is 2.18. The number of nitrogens with one attached hydrogen (secondary N) is 1. The molecule has 1 heterocycles. The van der Waals surface area contributed by atoms with Crippen LogP contribution < -0.4 is 10.1 Å². The summed E-state index contributed by atoms with van der Waals surface area (Å²) < 4.78 is 10.8. The molecule has 19 heavy (non-hydrogen) atoms. The third-order valence-electron chi connectivity index (χ3n) is 2.78. The predicted molar refractivity (Wildman–Crippen MR) is 76.3 cm³/mol. The van der Waals surface area contributed by atoms with Gasteiger partial charge < -0.3 is 14.5 Å². The Hall–Kier alpha value is -2.00. The average Bonchev–Trinajstić information content (AvgIpc) is 2.94. The van der Waals surface area contributed by atoms with Crippen LogP contribution in [-0.4, -0.2) is 13.2 Å². The first-order chi connectivity index (χ1) is 9.40. The van der Waals surface area contributed by atoms with Crippen LogP contribution in [0.1, 0.15) is 11.1 Å². The molecule has 0 fully saturated rings. The maximum Gasteiger partial charge on any atom is 0.122 e. The van der Waals surface area contributed by atoms with Gasteiger partial charge in [-0.2, -0.15) is 0 Å². The highest BCUT2D eigenvalue weighted by Gasteiger charge is 2.00. The van der Waals surface area contributed by atoms with E-state index in [0.717, 1.165) is 30.8 Å². The fraction of sp³-hybridized carbons (Fsp3) is 0.250. The zero-order valence-corrected chi connectivity index (χ0v) is 11.0. The summed E-state index contributed by atoms with van der Waals surface area (Å²) in [5, 5.41) is 3.30. The van der Waals surface area contributed by atoms with Crippen LogP contribution in [0.3, 0.4) is 0 Å². The molecule has 0 unspecified atom stereocenters. The van der Waals surface area contributed by atoms with Crippen LogP contribution >= 0.6 is 0 Å². The molecule has 0 aliphatic carbocycles. The maximum absolute atomic E-state index is 5.78. The number of benzene rings is 1. The minimum atomic E-state index is 0.645. The molecule has 2 aromatic rings. The van der Waals surface area contributed by atoms with Gasteiger partial charge in [-0.25, -0.2) is 0 Å². The van der Waals surface area contributed by atoms with E-state index in [1.165, 1.54) is 5.56 Å². The van der Waals surface area contributed by atoms with Crippen molar-refractivity contribution in [3.63, 3.8) is 0 Å². The summed E-state index contributed by atoms with van der Waals surface area (Å²) in [6.45, 7) is 6.00. The minimum Gasteiger partial charge on any atom is -0.492 e. The predicted octanol–water partition coefficient (Wildman–Crippen LogP) is 3.18. The summed E-state index contributed by atoms with van der Waals surface area (Å²) >= 11 is 0. The van der Waals surface area contributed by atoms with E-state index >= 15 is 0 Å². The number of hydrogen-bond acceptors (Lipinski definition) is 3. The molecule has 3 nitrogen and oxygen atoms in total. The zero-order valence-electron chi connectivity index (χ0n) is 11.0. The molecule has 0 bridgehead atoms. The van der Waals surface area contributed by atoms with Crippen molar-refractivity contribution < 1.29 is 9.15 Å². The van der Waals surface area contributed by atoms with E-state index in [9.17, 15) is 0 Å². The van der Waals surface area contributed by atoms with Gasteiger partial charge in [0.05, 0.1) is 12.5 Å². The van der Waals surface area contributed by atoms with Gasteiger partial charge in [-0.05, 0) is 24.1 Å². The highest BCUT2D eigenvalue weighted by atomic mass is 16.5. The molecule has 1 aromatic carbocycles. The number of furan rings is 1. The third kappa shape index (κ3) is 4.30. The molecule has 0 aliphatic rings. The Bertz CT molecular complexity index is 491. The summed E-state index contributed by atoms with van der Waals surface area (Å²) in [7, 11) is 0. The van der Waals surface area contributed by atoms with E-state index < -0.39 is 0 Å². The molecule has 0 saturated heterocycles. The Kier molecular flexibility index (Phi) is 5.26. The van der Waals surface area contributed by atoms with Crippen LogP contribution in [0.2, 0.25) is 0 Å². The van der Waals surface area contributed by atoms with E-state index in [1.54, 1.807) is 12.5 Å². The molecular weight excluding hydrogens is 238 g/mol. The van der Waals surface area contributed by atoms with E-state index in [0.29, 0.717) is 6.61 Å². The van der Waals surface area contributed by atoms with Gasteiger partial charge in [0.25, 0.3) is 0 Å². The topological polar surface area (TPSA) is 34.4 Å². The van der Waals surface area contributed by atoms with Gasteiger partial charge in [0.2, 0.25) is 0 Å². The first kappa shape index (κ1) is 13.4. The molecule has 0 amide bonds. The molecule has 0 saturated carbocycles. The Morgan fingerprint density at radius 3 is 2.95 bits per heavy atom. The first-order valence-electron chi connectivity index (χ1n) is 6.43. The molecule has 100 valence electrons. The normalized spacial score (nSPS) is 10.3. The minimum absolute atomic E-state index is 0.645. The van der Waals surface area contributed by atoms with Crippen LogP contribution in [0.25, 0.3) is 0 Å². The van der Waals surface area contributed by atoms with E-state index in [2.05, 4.69) is 18.0 Å². The molecule has 0 aliphatic heterocycles. The molecule has 3 heteroatoms. The second kappa shape index (κ2) is 7.44. The van der Waals surface area contributed by atoms with Gasteiger partial charge in [-0.3, -0.25) is 0 Å². The van der Waals surface area contributed by atoms with E-state index in [4.69, 9.17) is 9.15 Å². The van der Waals surface area contributed by atoms with Crippen molar-refractivity contribution in [2.75, 3.05) is 13.2 Å². The average molecular weight is 257 g/mol. The van der Waals surface area contributed by atoms with Crippen molar-refractivity contribution in [2.45, 2.75) is 13.0 Å². The monoisotopic (exact) mass is 257 g/mol. The highest BCUT2D eigenvalue weighted by molar-refractivity contribution is 5.34. The van der Waals surface area contributed by atoms with E-state index in [-0.39, 0.29) is 0 Å². The van der Waals surface area contributed by atoms with Gasteiger partial charge in [0, 0.05) is 18.7 Å². The van der Waals surface area contributed by atoms with Gasteiger partial charge in [-0.15, -0.1) is 6.58 Å². The second-order valence-electron chi connectivity index (χ2n) is 4.26. The van der Waals surface area contributed by atoms with Gasteiger partial charge >= 0.3 is 0 Å².